The van der Waals surface area contributed by atoms with Crippen LogP contribution >= 0.6 is 0 Å². The molecule has 26 heavy (non-hydrogen) atoms. The van der Waals surface area contributed by atoms with Gasteiger partial charge in [0, 0.05) is 18.2 Å². The zero-order chi connectivity index (χ0) is 17.8. The van der Waals surface area contributed by atoms with E-state index in [0.717, 1.165) is 18.6 Å². The fourth-order valence-electron chi connectivity index (χ4n) is 4.22. The van der Waals surface area contributed by atoms with E-state index in [0.29, 0.717) is 12.6 Å². The van der Waals surface area contributed by atoms with E-state index >= 15 is 0 Å². The second kappa shape index (κ2) is 8.19. The number of aliphatic hydroxyl groups excluding tert-OH is 1. The van der Waals surface area contributed by atoms with Crippen molar-refractivity contribution < 1.29 is 9.94 Å². The summed E-state index contributed by atoms with van der Waals surface area (Å²) < 4.78 is 0. The highest BCUT2D eigenvalue weighted by atomic mass is 16.6. The molecule has 4 rings (SSSR count). The number of benzene rings is 2. The van der Waals surface area contributed by atoms with Crippen molar-refractivity contribution in [1.29, 1.82) is 0 Å². The van der Waals surface area contributed by atoms with E-state index in [-0.39, 0.29) is 6.61 Å². The third-order valence-electron chi connectivity index (χ3n) is 5.65. The highest BCUT2D eigenvalue weighted by Crippen LogP contribution is 2.30. The van der Waals surface area contributed by atoms with E-state index in [1.54, 1.807) is 0 Å². The number of fused-ring (bicyclic) bond motifs is 3. The molecule has 0 saturated heterocycles. The predicted octanol–water partition coefficient (Wildman–Crippen LogP) is 3.79. The third kappa shape index (κ3) is 3.92. The molecule has 0 heterocycles. The lowest BCUT2D eigenvalue weighted by atomic mass is 9.95. The average Bonchev–Trinajstić information content (AvgIpc) is 3.11. The van der Waals surface area contributed by atoms with E-state index in [1.807, 2.05) is 0 Å². The molecule has 2 N–H and O–H groups in total. The third-order valence-corrected chi connectivity index (χ3v) is 5.65. The van der Waals surface area contributed by atoms with Crippen LogP contribution in [0.1, 0.15) is 49.7 Å². The van der Waals surface area contributed by atoms with Gasteiger partial charge in [-0.15, -0.1) is 0 Å². The van der Waals surface area contributed by atoms with Crippen molar-refractivity contribution >= 4 is 16.5 Å². The van der Waals surface area contributed by atoms with Crippen LogP contribution in [0.4, 0.5) is 0 Å². The fraction of sp³-hybridized carbons (Fsp3) is 0.500. The Kier molecular flexibility index (Phi) is 5.51. The summed E-state index contributed by atoms with van der Waals surface area (Å²) in [4.78, 5) is 5.49. The summed E-state index contributed by atoms with van der Waals surface area (Å²) >= 11 is 0. The van der Waals surface area contributed by atoms with E-state index in [2.05, 4.69) is 46.9 Å². The SMILES string of the molecule is OC(CNC1CCCCC1)CO/N=C1\CCc2c1ccc1ccccc21. The van der Waals surface area contributed by atoms with Crippen LogP contribution in [0.5, 0.6) is 0 Å². The minimum atomic E-state index is -0.515. The molecule has 1 unspecified atom stereocenters. The number of aryl methyl sites for hydroxylation is 1. The molecule has 1 fully saturated rings. The summed E-state index contributed by atoms with van der Waals surface area (Å²) in [5.41, 5.74) is 3.56. The van der Waals surface area contributed by atoms with Crippen LogP contribution in [-0.4, -0.2) is 36.1 Å². The van der Waals surface area contributed by atoms with Gasteiger partial charge < -0.3 is 15.3 Å². The highest BCUT2D eigenvalue weighted by molar-refractivity contribution is 6.08. The molecule has 0 aromatic heterocycles. The van der Waals surface area contributed by atoms with Gasteiger partial charge in [-0.1, -0.05) is 60.8 Å². The van der Waals surface area contributed by atoms with Gasteiger partial charge in [-0.3, -0.25) is 0 Å². The summed E-state index contributed by atoms with van der Waals surface area (Å²) in [6.45, 7) is 0.822. The van der Waals surface area contributed by atoms with Crippen molar-refractivity contribution in [2.24, 2.45) is 5.16 Å². The molecular weight excluding hydrogens is 324 g/mol. The van der Waals surface area contributed by atoms with Gasteiger partial charge in [0.2, 0.25) is 0 Å². The minimum Gasteiger partial charge on any atom is -0.393 e. The molecule has 0 aliphatic heterocycles. The lowest BCUT2D eigenvalue weighted by Gasteiger charge is -2.23. The number of hydrogen-bond donors (Lipinski definition) is 2. The first-order valence-corrected chi connectivity index (χ1v) is 9.92. The van der Waals surface area contributed by atoms with Gasteiger partial charge in [0.1, 0.15) is 12.7 Å². The molecule has 4 heteroatoms. The Balaban J connectivity index is 1.32. The first-order chi connectivity index (χ1) is 12.8. The number of nitrogens with zero attached hydrogens (tertiary/aromatic N) is 1. The van der Waals surface area contributed by atoms with Crippen molar-refractivity contribution in [3.05, 3.63) is 47.5 Å². The maximum atomic E-state index is 10.1. The first-order valence-electron chi connectivity index (χ1n) is 9.92. The number of rotatable bonds is 6. The van der Waals surface area contributed by atoms with Crippen LogP contribution in [0.25, 0.3) is 10.8 Å². The number of aliphatic hydroxyl groups is 1. The van der Waals surface area contributed by atoms with Gasteiger partial charge in [-0.05, 0) is 42.0 Å². The van der Waals surface area contributed by atoms with E-state index in [1.165, 1.54) is 54.0 Å². The standard InChI is InChI=1S/C22H28N2O2/c25-18(14-23-17-7-2-1-3-8-17)15-26-24-22-13-12-20-19-9-5-4-6-16(19)10-11-21(20)22/h4-6,9-11,17-18,23,25H,1-3,7-8,12-15H2/b24-22+. The Morgan fingerprint density at radius 1 is 1.08 bits per heavy atom. The van der Waals surface area contributed by atoms with Gasteiger partial charge in [0.05, 0.1) is 5.71 Å². The van der Waals surface area contributed by atoms with Crippen LogP contribution in [0.3, 0.4) is 0 Å². The van der Waals surface area contributed by atoms with Gasteiger partial charge >= 0.3 is 0 Å². The van der Waals surface area contributed by atoms with Crippen molar-refractivity contribution in [1.82, 2.24) is 5.32 Å². The number of hydrogen-bond acceptors (Lipinski definition) is 4. The maximum absolute atomic E-state index is 10.1. The number of oxime groups is 1. The molecule has 0 bridgehead atoms. The second-order valence-electron chi connectivity index (χ2n) is 7.54. The molecule has 1 atom stereocenters. The Morgan fingerprint density at radius 3 is 2.81 bits per heavy atom. The van der Waals surface area contributed by atoms with Crippen molar-refractivity contribution in [3.63, 3.8) is 0 Å². The van der Waals surface area contributed by atoms with Crippen molar-refractivity contribution in [2.45, 2.75) is 57.1 Å². The van der Waals surface area contributed by atoms with Gasteiger partial charge in [-0.25, -0.2) is 0 Å². The smallest absolute Gasteiger partial charge is 0.144 e. The molecule has 1 saturated carbocycles. The Morgan fingerprint density at radius 2 is 1.92 bits per heavy atom. The number of nitrogens with one attached hydrogen (secondary N) is 1. The predicted molar refractivity (Wildman–Crippen MR) is 106 cm³/mol. The summed E-state index contributed by atoms with van der Waals surface area (Å²) in [7, 11) is 0. The highest BCUT2D eigenvalue weighted by Gasteiger charge is 2.20. The lowest BCUT2D eigenvalue weighted by Crippen LogP contribution is -2.38. The largest absolute Gasteiger partial charge is 0.393 e. The molecule has 2 aliphatic carbocycles. The van der Waals surface area contributed by atoms with Crippen LogP contribution in [0.2, 0.25) is 0 Å². The normalized spacial score (nSPS) is 20.4. The van der Waals surface area contributed by atoms with E-state index in [9.17, 15) is 5.11 Å². The average molecular weight is 352 g/mol. The van der Waals surface area contributed by atoms with E-state index in [4.69, 9.17) is 4.84 Å². The summed E-state index contributed by atoms with van der Waals surface area (Å²) in [5.74, 6) is 0. The molecule has 0 radical (unpaired) electrons. The van der Waals surface area contributed by atoms with Gasteiger partial charge in [-0.2, -0.15) is 0 Å². The molecule has 4 nitrogen and oxygen atoms in total. The summed E-state index contributed by atoms with van der Waals surface area (Å²) in [6.07, 6.45) is 7.78. The zero-order valence-electron chi connectivity index (χ0n) is 15.3. The minimum absolute atomic E-state index is 0.242. The molecule has 2 aromatic rings. The topological polar surface area (TPSA) is 53.8 Å². The van der Waals surface area contributed by atoms with E-state index < -0.39 is 6.10 Å². The monoisotopic (exact) mass is 352 g/mol. The van der Waals surface area contributed by atoms with Gasteiger partial charge in [0.15, 0.2) is 0 Å². The van der Waals surface area contributed by atoms with Crippen LogP contribution in [0, 0.1) is 0 Å². The second-order valence-corrected chi connectivity index (χ2v) is 7.54. The maximum Gasteiger partial charge on any atom is 0.144 e. The molecule has 0 amide bonds. The zero-order valence-corrected chi connectivity index (χ0v) is 15.3. The first kappa shape index (κ1) is 17.5. The molecule has 0 spiro atoms. The summed E-state index contributed by atoms with van der Waals surface area (Å²) in [5, 5.41) is 20.5. The van der Waals surface area contributed by atoms with Crippen LogP contribution in [0.15, 0.2) is 41.6 Å². The molecule has 2 aliphatic rings. The quantitative estimate of drug-likeness (QED) is 0.778. The molecule has 138 valence electrons. The fourth-order valence-corrected chi connectivity index (χ4v) is 4.22. The van der Waals surface area contributed by atoms with Crippen molar-refractivity contribution in [2.75, 3.05) is 13.2 Å². The van der Waals surface area contributed by atoms with Crippen molar-refractivity contribution in [3.8, 4) is 0 Å². The van der Waals surface area contributed by atoms with Crippen LogP contribution in [-0.2, 0) is 11.3 Å². The van der Waals surface area contributed by atoms with Crippen LogP contribution < -0.4 is 5.32 Å². The molecular formula is C22H28N2O2. The Labute approximate surface area is 155 Å². The molecule has 2 aromatic carbocycles. The summed E-state index contributed by atoms with van der Waals surface area (Å²) in [6, 6.07) is 13.3. The Bertz CT molecular complexity index is 781. The lowest BCUT2D eigenvalue weighted by molar-refractivity contribution is 0.0381. The Hall–Kier alpha value is -1.91. The van der Waals surface area contributed by atoms with Gasteiger partial charge in [0.25, 0.3) is 0 Å².